The zero-order valence-electron chi connectivity index (χ0n) is 20.0. The number of aromatic nitrogens is 3. The predicted molar refractivity (Wildman–Crippen MR) is 129 cm³/mol. The van der Waals surface area contributed by atoms with Gasteiger partial charge in [0.25, 0.3) is 11.8 Å². The Morgan fingerprint density at radius 3 is 2.66 bits per heavy atom. The summed E-state index contributed by atoms with van der Waals surface area (Å²) < 4.78 is 38.6. The van der Waals surface area contributed by atoms with E-state index < -0.39 is 24.0 Å². The molecule has 0 bridgehead atoms. The monoisotopic (exact) mass is 521 g/mol. The molecule has 5 rings (SSSR count). The largest absolute Gasteiger partial charge is 0.461 e. The van der Waals surface area contributed by atoms with Gasteiger partial charge in [0.2, 0.25) is 6.36 Å². The van der Waals surface area contributed by atoms with Crippen molar-refractivity contribution in [3.8, 4) is 11.5 Å². The Hall–Kier alpha value is -4.87. The number of benzene rings is 2. The lowest BCUT2D eigenvalue weighted by atomic mass is 10.1. The van der Waals surface area contributed by atoms with E-state index in [1.54, 1.807) is 42.5 Å². The standard InChI is InChI=1S/C26H21F2N5O5/c1-14(27)37-18-4-2-3-15(8-18)11-30-26(36)21-10-20(32-24-19(28)13-31-33(21)24)25(35)29-12-16-5-6-22-17(7-16)9-23(34)38-22/h2-8,10,13-14H,9,11-12H2,1H3,(H,29,35)(H,30,36). The van der Waals surface area contributed by atoms with Crippen molar-refractivity contribution in [3.63, 3.8) is 0 Å². The van der Waals surface area contributed by atoms with Crippen LogP contribution < -0.4 is 20.1 Å². The van der Waals surface area contributed by atoms with Gasteiger partial charge in [0.1, 0.15) is 22.9 Å². The molecule has 12 heteroatoms. The summed E-state index contributed by atoms with van der Waals surface area (Å²) in [5, 5.41) is 9.22. The summed E-state index contributed by atoms with van der Waals surface area (Å²) in [6, 6.07) is 12.8. The van der Waals surface area contributed by atoms with Crippen LogP contribution in [0.25, 0.3) is 5.65 Å². The Balaban J connectivity index is 1.32. The fourth-order valence-corrected chi connectivity index (χ4v) is 3.97. The van der Waals surface area contributed by atoms with Crippen LogP contribution in [0.2, 0.25) is 0 Å². The van der Waals surface area contributed by atoms with Gasteiger partial charge in [0, 0.05) is 31.6 Å². The minimum absolute atomic E-state index is 0.0519. The lowest BCUT2D eigenvalue weighted by Gasteiger charge is -2.11. The molecule has 194 valence electrons. The van der Waals surface area contributed by atoms with Gasteiger partial charge in [-0.25, -0.2) is 18.3 Å². The summed E-state index contributed by atoms with van der Waals surface area (Å²) in [4.78, 5) is 41.4. The van der Waals surface area contributed by atoms with Crippen molar-refractivity contribution < 1.29 is 32.6 Å². The van der Waals surface area contributed by atoms with Gasteiger partial charge < -0.3 is 20.1 Å². The van der Waals surface area contributed by atoms with Crippen LogP contribution in [0.4, 0.5) is 8.78 Å². The molecule has 2 amide bonds. The fraction of sp³-hybridized carbons (Fsp3) is 0.192. The van der Waals surface area contributed by atoms with Crippen LogP contribution in [0.3, 0.4) is 0 Å². The van der Waals surface area contributed by atoms with Gasteiger partial charge in [-0.3, -0.25) is 14.4 Å². The van der Waals surface area contributed by atoms with E-state index in [0.717, 1.165) is 21.8 Å². The van der Waals surface area contributed by atoms with Crippen molar-refractivity contribution in [2.75, 3.05) is 0 Å². The molecule has 1 atom stereocenters. The number of alkyl halides is 1. The Bertz CT molecular complexity index is 1570. The smallest absolute Gasteiger partial charge is 0.315 e. The van der Waals surface area contributed by atoms with Crippen molar-refractivity contribution in [2.45, 2.75) is 32.8 Å². The Morgan fingerprint density at radius 1 is 1.11 bits per heavy atom. The highest BCUT2D eigenvalue weighted by molar-refractivity contribution is 5.98. The van der Waals surface area contributed by atoms with E-state index in [0.29, 0.717) is 17.1 Å². The summed E-state index contributed by atoms with van der Waals surface area (Å²) in [7, 11) is 0. The van der Waals surface area contributed by atoms with Crippen molar-refractivity contribution in [1.82, 2.24) is 25.2 Å². The lowest BCUT2D eigenvalue weighted by molar-refractivity contribution is -0.131. The molecule has 1 aliphatic heterocycles. The fourth-order valence-electron chi connectivity index (χ4n) is 3.97. The molecule has 1 unspecified atom stereocenters. The second kappa shape index (κ2) is 10.2. The molecule has 0 saturated carbocycles. The Kier molecular flexibility index (Phi) is 6.69. The van der Waals surface area contributed by atoms with Gasteiger partial charge in [-0.2, -0.15) is 5.10 Å². The number of amides is 2. The van der Waals surface area contributed by atoms with Crippen LogP contribution in [0.15, 0.2) is 54.7 Å². The van der Waals surface area contributed by atoms with Crippen LogP contribution in [0, 0.1) is 5.82 Å². The third kappa shape index (κ3) is 5.28. The van der Waals surface area contributed by atoms with Gasteiger partial charge in [-0.1, -0.05) is 18.2 Å². The van der Waals surface area contributed by atoms with Gasteiger partial charge >= 0.3 is 5.97 Å². The van der Waals surface area contributed by atoms with Crippen molar-refractivity contribution in [3.05, 3.63) is 88.6 Å². The van der Waals surface area contributed by atoms with Crippen LogP contribution >= 0.6 is 0 Å². The third-order valence-electron chi connectivity index (χ3n) is 5.68. The number of fused-ring (bicyclic) bond motifs is 2. The zero-order chi connectivity index (χ0) is 26.8. The second-order valence-corrected chi connectivity index (χ2v) is 8.52. The molecule has 2 aromatic carbocycles. The molecular formula is C26H21F2N5O5. The number of nitrogens with zero attached hydrogens (tertiary/aromatic N) is 3. The van der Waals surface area contributed by atoms with Crippen LogP contribution in [-0.2, 0) is 24.3 Å². The molecule has 0 aliphatic carbocycles. The van der Waals surface area contributed by atoms with Crippen LogP contribution in [-0.4, -0.2) is 38.7 Å². The molecule has 10 nitrogen and oxygen atoms in total. The molecule has 2 N–H and O–H groups in total. The van der Waals surface area contributed by atoms with Gasteiger partial charge in [-0.15, -0.1) is 0 Å². The molecule has 0 saturated heterocycles. The van der Waals surface area contributed by atoms with E-state index >= 15 is 0 Å². The molecule has 3 heterocycles. The molecule has 4 aromatic rings. The molecule has 0 spiro atoms. The lowest BCUT2D eigenvalue weighted by Crippen LogP contribution is -2.28. The normalized spacial score (nSPS) is 13.1. The van der Waals surface area contributed by atoms with Crippen molar-refractivity contribution >= 4 is 23.4 Å². The average Bonchev–Trinajstić information content (AvgIpc) is 3.46. The van der Waals surface area contributed by atoms with E-state index in [4.69, 9.17) is 9.47 Å². The maximum absolute atomic E-state index is 14.3. The molecule has 0 fully saturated rings. The maximum Gasteiger partial charge on any atom is 0.315 e. The van der Waals surface area contributed by atoms with Gasteiger partial charge in [-0.05, 0) is 35.4 Å². The van der Waals surface area contributed by atoms with E-state index in [1.165, 1.54) is 13.0 Å². The topological polar surface area (TPSA) is 124 Å². The minimum Gasteiger partial charge on any atom is -0.461 e. The molecular weight excluding hydrogens is 500 g/mol. The molecule has 2 aromatic heterocycles. The highest BCUT2D eigenvalue weighted by Gasteiger charge is 2.22. The van der Waals surface area contributed by atoms with Gasteiger partial charge in [0.05, 0.1) is 12.6 Å². The number of nitrogens with one attached hydrogen (secondary N) is 2. The van der Waals surface area contributed by atoms with E-state index in [-0.39, 0.29) is 42.5 Å². The summed E-state index contributed by atoms with van der Waals surface area (Å²) in [5.41, 5.74) is 1.49. The number of hydrogen-bond donors (Lipinski definition) is 2. The summed E-state index contributed by atoms with van der Waals surface area (Å²) in [6.07, 6.45) is -0.445. The summed E-state index contributed by atoms with van der Waals surface area (Å²) >= 11 is 0. The third-order valence-corrected chi connectivity index (χ3v) is 5.68. The Morgan fingerprint density at radius 2 is 1.87 bits per heavy atom. The quantitative estimate of drug-likeness (QED) is 0.270. The minimum atomic E-state index is -1.50. The number of carbonyl (C=O) groups excluding carboxylic acids is 3. The van der Waals surface area contributed by atoms with E-state index in [2.05, 4.69) is 20.7 Å². The number of hydrogen-bond acceptors (Lipinski definition) is 7. The van der Waals surface area contributed by atoms with Crippen LogP contribution in [0.1, 0.15) is 44.6 Å². The molecule has 38 heavy (non-hydrogen) atoms. The predicted octanol–water partition coefficient (Wildman–Crippen LogP) is 2.88. The first-order valence-electron chi connectivity index (χ1n) is 11.6. The highest BCUT2D eigenvalue weighted by atomic mass is 19.1. The SMILES string of the molecule is CC(F)Oc1cccc(CNC(=O)c2cc(C(=O)NCc3ccc4c(c3)CC(=O)O4)nc3c(F)cnn23)c1. The van der Waals surface area contributed by atoms with Crippen molar-refractivity contribution in [2.24, 2.45) is 0 Å². The van der Waals surface area contributed by atoms with E-state index in [9.17, 15) is 23.2 Å². The molecule has 0 radical (unpaired) electrons. The molecule has 1 aliphatic rings. The summed E-state index contributed by atoms with van der Waals surface area (Å²) in [6.45, 7) is 1.41. The highest BCUT2D eigenvalue weighted by Crippen LogP contribution is 2.26. The number of esters is 1. The van der Waals surface area contributed by atoms with Gasteiger partial charge in [0.15, 0.2) is 11.5 Å². The zero-order valence-corrected chi connectivity index (χ0v) is 20.0. The summed E-state index contributed by atoms with van der Waals surface area (Å²) in [5.74, 6) is -1.64. The number of ether oxygens (including phenoxy) is 2. The first-order chi connectivity index (χ1) is 18.3. The number of halogens is 2. The first kappa shape index (κ1) is 24.8. The maximum atomic E-state index is 14.3. The number of carbonyl (C=O) groups is 3. The Labute approximate surface area is 214 Å². The van der Waals surface area contributed by atoms with Crippen molar-refractivity contribution in [1.29, 1.82) is 0 Å². The van der Waals surface area contributed by atoms with Crippen LogP contribution in [0.5, 0.6) is 11.5 Å². The average molecular weight is 521 g/mol. The first-order valence-corrected chi connectivity index (χ1v) is 11.6. The number of rotatable bonds is 8. The second-order valence-electron chi connectivity index (χ2n) is 8.52. The van der Waals surface area contributed by atoms with E-state index in [1.807, 2.05) is 0 Å².